The first-order valence-corrected chi connectivity index (χ1v) is 9.28. The van der Waals surface area contributed by atoms with Crippen molar-refractivity contribution in [2.24, 2.45) is 0 Å². The molecule has 2 aromatic rings. The van der Waals surface area contributed by atoms with E-state index >= 15 is 0 Å². The zero-order valence-electron chi connectivity index (χ0n) is 13.7. The minimum absolute atomic E-state index is 0.100. The molecule has 3 atom stereocenters. The molecule has 138 valence electrons. The summed E-state index contributed by atoms with van der Waals surface area (Å²) in [7, 11) is 0. The van der Waals surface area contributed by atoms with Crippen LogP contribution in [0.2, 0.25) is 0 Å². The molecule has 7 heteroatoms. The van der Waals surface area contributed by atoms with Gasteiger partial charge in [-0.2, -0.15) is 8.78 Å². The summed E-state index contributed by atoms with van der Waals surface area (Å²) >= 11 is 1.51. The number of hydrogen-bond acceptors (Lipinski definition) is 4. The Balaban J connectivity index is 1.64. The van der Waals surface area contributed by atoms with E-state index in [-0.39, 0.29) is 18.8 Å². The minimum Gasteiger partial charge on any atom is -0.449 e. The number of esters is 1. The molecule has 3 unspecified atom stereocenters. The molecule has 1 heterocycles. The van der Waals surface area contributed by atoms with Crippen LogP contribution in [0, 0.1) is 0 Å². The highest BCUT2D eigenvalue weighted by molar-refractivity contribution is 14.1. The van der Waals surface area contributed by atoms with Crippen molar-refractivity contribution in [1.82, 2.24) is 0 Å². The molecule has 0 spiro atoms. The Hall–Kier alpha value is -1.58. The molecule has 0 amide bonds. The van der Waals surface area contributed by atoms with Gasteiger partial charge in [0.25, 0.3) is 0 Å². The van der Waals surface area contributed by atoms with E-state index in [1.165, 1.54) is 34.7 Å². The third-order valence-corrected chi connectivity index (χ3v) is 5.08. The van der Waals surface area contributed by atoms with Crippen LogP contribution in [0.5, 0.6) is 0 Å². The average Bonchev–Trinajstić information content (AvgIpc) is 2.86. The molecule has 26 heavy (non-hydrogen) atoms. The van der Waals surface area contributed by atoms with E-state index in [2.05, 4.69) is 0 Å². The molecule has 0 radical (unpaired) electrons. The van der Waals surface area contributed by atoms with Crippen LogP contribution in [0.3, 0.4) is 0 Å². The van der Waals surface area contributed by atoms with Crippen LogP contribution in [0.1, 0.15) is 15.9 Å². The topological polar surface area (TPSA) is 44.8 Å². The highest BCUT2D eigenvalue weighted by Gasteiger charge is 2.60. The molecule has 1 fully saturated rings. The predicted molar refractivity (Wildman–Crippen MR) is 99.4 cm³/mol. The second-order valence-electron chi connectivity index (χ2n) is 5.86. The monoisotopic (exact) mass is 474 g/mol. The lowest BCUT2D eigenvalue weighted by Crippen LogP contribution is -2.43. The number of carbonyl (C=O) groups is 1. The smallest absolute Gasteiger partial charge is 0.338 e. The van der Waals surface area contributed by atoms with E-state index in [0.717, 1.165) is 5.56 Å². The van der Waals surface area contributed by atoms with Gasteiger partial charge in [-0.15, -0.1) is 0 Å². The second-order valence-corrected chi connectivity index (χ2v) is 6.99. The van der Waals surface area contributed by atoms with Gasteiger partial charge in [-0.25, -0.2) is 4.79 Å². The van der Waals surface area contributed by atoms with Crippen molar-refractivity contribution in [3.63, 3.8) is 0 Å². The molecule has 0 aromatic heterocycles. The number of halogens is 3. The highest BCUT2D eigenvalue weighted by atomic mass is 127. The zero-order chi connectivity index (χ0) is 18.6. The molecule has 0 saturated carbocycles. The maximum absolute atomic E-state index is 14.4. The molecular weight excluding hydrogens is 457 g/mol. The van der Waals surface area contributed by atoms with Gasteiger partial charge in [-0.3, -0.25) is 0 Å². The van der Waals surface area contributed by atoms with Gasteiger partial charge in [0.2, 0.25) is 0 Å². The molecule has 1 saturated heterocycles. The van der Waals surface area contributed by atoms with Crippen LogP contribution in [0.15, 0.2) is 60.7 Å². The number of benzene rings is 2. The van der Waals surface area contributed by atoms with Gasteiger partial charge in [-0.1, -0.05) is 48.5 Å². The van der Waals surface area contributed by atoms with Crippen molar-refractivity contribution in [1.29, 1.82) is 0 Å². The van der Waals surface area contributed by atoms with Crippen LogP contribution < -0.4 is 0 Å². The molecule has 4 nitrogen and oxygen atoms in total. The van der Waals surface area contributed by atoms with Crippen LogP contribution in [0.25, 0.3) is 0 Å². The van der Waals surface area contributed by atoms with Crippen molar-refractivity contribution < 1.29 is 27.8 Å². The van der Waals surface area contributed by atoms with E-state index in [1.807, 2.05) is 30.3 Å². The maximum atomic E-state index is 14.4. The van der Waals surface area contributed by atoms with Crippen molar-refractivity contribution >= 4 is 28.6 Å². The summed E-state index contributed by atoms with van der Waals surface area (Å²) in [5, 5.41) is 0. The van der Waals surface area contributed by atoms with Crippen molar-refractivity contribution in [3.8, 4) is 0 Å². The Kier molecular flexibility index (Phi) is 6.20. The molecule has 3 rings (SSSR count). The Morgan fingerprint density at radius 1 is 1.08 bits per heavy atom. The predicted octanol–water partition coefficient (Wildman–Crippen LogP) is 4.22. The van der Waals surface area contributed by atoms with Crippen molar-refractivity contribution in [3.05, 3.63) is 71.8 Å². The van der Waals surface area contributed by atoms with Crippen molar-refractivity contribution in [2.75, 3.05) is 6.61 Å². The maximum Gasteiger partial charge on any atom is 0.338 e. The third kappa shape index (κ3) is 4.39. The third-order valence-electron chi connectivity index (χ3n) is 3.95. The van der Waals surface area contributed by atoms with Crippen LogP contribution >= 0.6 is 22.6 Å². The molecule has 1 aliphatic rings. The number of carbonyl (C=O) groups excluding carboxylic acids is 1. The SMILES string of the molecule is O=C(OC1C(COCc2ccccc2)OC(I)C1(F)F)c1ccccc1. The lowest BCUT2D eigenvalue weighted by molar-refractivity contribution is -0.0994. The molecule has 1 aliphatic heterocycles. The summed E-state index contributed by atoms with van der Waals surface area (Å²) in [4.78, 5) is 12.2. The second kappa shape index (κ2) is 8.41. The molecule has 0 N–H and O–H groups in total. The van der Waals surface area contributed by atoms with Gasteiger partial charge < -0.3 is 14.2 Å². The van der Waals surface area contributed by atoms with E-state index in [1.54, 1.807) is 18.2 Å². The molecular formula is C19H17F2IO4. The van der Waals surface area contributed by atoms with E-state index in [9.17, 15) is 13.6 Å². The van der Waals surface area contributed by atoms with Crippen molar-refractivity contribution in [2.45, 2.75) is 28.8 Å². The number of ether oxygens (including phenoxy) is 3. The van der Waals surface area contributed by atoms with E-state index < -0.39 is 28.2 Å². The first-order chi connectivity index (χ1) is 12.5. The fraction of sp³-hybridized carbons (Fsp3) is 0.316. The quantitative estimate of drug-likeness (QED) is 0.358. The average molecular weight is 474 g/mol. The standard InChI is InChI=1S/C19H17F2IO4/c20-19(21)16(26-17(23)14-9-5-2-6-10-14)15(25-18(19)22)12-24-11-13-7-3-1-4-8-13/h1-10,15-16,18H,11-12H2. The lowest BCUT2D eigenvalue weighted by atomic mass is 10.1. The number of hydrogen-bond donors (Lipinski definition) is 0. The van der Waals surface area contributed by atoms with Crippen LogP contribution in [-0.2, 0) is 20.8 Å². The summed E-state index contributed by atoms with van der Waals surface area (Å²) in [6.45, 7) is 0.161. The summed E-state index contributed by atoms with van der Waals surface area (Å²) in [6.07, 6.45) is -2.74. The largest absolute Gasteiger partial charge is 0.449 e. The van der Waals surface area contributed by atoms with E-state index in [4.69, 9.17) is 14.2 Å². The van der Waals surface area contributed by atoms with Crippen LogP contribution in [0.4, 0.5) is 8.78 Å². The van der Waals surface area contributed by atoms with Gasteiger partial charge >= 0.3 is 11.9 Å². The molecule has 0 aliphatic carbocycles. The van der Waals surface area contributed by atoms with Gasteiger partial charge in [0.1, 0.15) is 6.10 Å². The van der Waals surface area contributed by atoms with E-state index in [0.29, 0.717) is 0 Å². The summed E-state index contributed by atoms with van der Waals surface area (Å²) in [6, 6.07) is 17.4. The first kappa shape index (κ1) is 19.2. The van der Waals surface area contributed by atoms with Gasteiger partial charge in [-0.05, 0) is 40.3 Å². The fourth-order valence-electron chi connectivity index (χ4n) is 2.60. The fourth-order valence-corrected chi connectivity index (χ4v) is 3.33. The summed E-state index contributed by atoms with van der Waals surface area (Å²) in [5.74, 6) is -4.11. The molecule has 2 aromatic carbocycles. The Bertz CT molecular complexity index is 727. The zero-order valence-corrected chi connectivity index (χ0v) is 15.8. The molecule has 0 bridgehead atoms. The minimum atomic E-state index is -3.30. The number of rotatable bonds is 6. The van der Waals surface area contributed by atoms with Gasteiger partial charge in [0, 0.05) is 0 Å². The first-order valence-electron chi connectivity index (χ1n) is 8.03. The lowest BCUT2D eigenvalue weighted by Gasteiger charge is -2.23. The normalized spacial score (nSPS) is 24.3. The Labute approximate surface area is 163 Å². The highest BCUT2D eigenvalue weighted by Crippen LogP contribution is 2.41. The Morgan fingerprint density at radius 2 is 1.69 bits per heavy atom. The Morgan fingerprint density at radius 3 is 2.35 bits per heavy atom. The van der Waals surface area contributed by atoms with Gasteiger partial charge in [0.05, 0.1) is 18.8 Å². The van der Waals surface area contributed by atoms with Crippen LogP contribution in [-0.4, -0.2) is 34.8 Å². The summed E-state index contributed by atoms with van der Waals surface area (Å²) < 4.78 is 43.3. The number of alkyl halides is 3. The van der Waals surface area contributed by atoms with Gasteiger partial charge in [0.15, 0.2) is 10.2 Å². The summed E-state index contributed by atoms with van der Waals surface area (Å²) in [5.41, 5.74) is 1.13.